The zero-order chi connectivity index (χ0) is 25.8. The lowest BCUT2D eigenvalue weighted by Crippen LogP contribution is -2.45. The third-order valence-electron chi connectivity index (χ3n) is 6.35. The zero-order valence-electron chi connectivity index (χ0n) is 20.2. The number of aromatic nitrogens is 2. The lowest BCUT2D eigenvalue weighted by atomic mass is 9.86. The monoisotopic (exact) mass is 509 g/mol. The number of hydrogen-bond acceptors (Lipinski definition) is 9. The predicted molar refractivity (Wildman–Crippen MR) is 129 cm³/mol. The molecule has 1 aromatic carbocycles. The molecule has 36 heavy (non-hydrogen) atoms. The smallest absolute Gasteiger partial charge is 0.490 e. The van der Waals surface area contributed by atoms with Gasteiger partial charge in [0.25, 0.3) is 5.56 Å². The Morgan fingerprint density at radius 1 is 1.28 bits per heavy atom. The van der Waals surface area contributed by atoms with Crippen molar-refractivity contribution in [2.75, 3.05) is 0 Å². The Balaban J connectivity index is 1.76. The number of para-hydroxylation sites is 1. The summed E-state index contributed by atoms with van der Waals surface area (Å²) in [5, 5.41) is 5.03. The maximum Gasteiger partial charge on any atom is 0.490 e. The van der Waals surface area contributed by atoms with Crippen LogP contribution in [0.15, 0.2) is 40.3 Å². The lowest BCUT2D eigenvalue weighted by Gasteiger charge is -2.31. The first-order valence-electron chi connectivity index (χ1n) is 11.5. The summed E-state index contributed by atoms with van der Waals surface area (Å²) < 4.78 is 23.4. The molecule has 3 aromatic rings. The molecule has 0 saturated heterocycles. The number of hydrogen-bond donors (Lipinski definition) is 0. The van der Waals surface area contributed by atoms with Crippen LogP contribution in [0.2, 0.25) is 0 Å². The topological polar surface area (TPSA) is 132 Å². The molecule has 2 aromatic heterocycles. The Kier molecular flexibility index (Phi) is 5.78. The number of carbonyl (C=O) groups is 1. The second kappa shape index (κ2) is 8.58. The van der Waals surface area contributed by atoms with Gasteiger partial charge in [0.05, 0.1) is 35.2 Å². The quantitative estimate of drug-likeness (QED) is 0.173. The van der Waals surface area contributed by atoms with E-state index in [1.165, 1.54) is 0 Å². The van der Waals surface area contributed by atoms with Gasteiger partial charge in [-0.15, -0.1) is 4.52 Å². The van der Waals surface area contributed by atoms with Crippen molar-refractivity contribution in [2.45, 2.75) is 58.5 Å². The summed E-state index contributed by atoms with van der Waals surface area (Å²) in [5.74, 6) is -0.849. The number of nitrogens with zero attached hydrogens (tertiary/aromatic N) is 3. The molecule has 0 radical (unpaired) electrons. The summed E-state index contributed by atoms with van der Waals surface area (Å²) in [7, 11) is -3.40. The molecule has 0 amide bonds. The van der Waals surface area contributed by atoms with Gasteiger partial charge in [0.1, 0.15) is 12.2 Å². The minimum atomic E-state index is -3.40. The molecular formula is C25H24N3O7P. The van der Waals surface area contributed by atoms with Crippen LogP contribution < -0.4 is 10.5 Å². The number of cyclic esters (lactones) is 1. The molecule has 2 atom stereocenters. The van der Waals surface area contributed by atoms with E-state index < -0.39 is 31.0 Å². The highest BCUT2D eigenvalue weighted by molar-refractivity contribution is 7.30. The highest BCUT2D eigenvalue weighted by Crippen LogP contribution is 2.44. The summed E-state index contributed by atoms with van der Waals surface area (Å²) in [5.41, 5.74) is 0.770. The van der Waals surface area contributed by atoms with E-state index in [0.717, 1.165) is 16.5 Å². The van der Waals surface area contributed by atoms with Crippen LogP contribution in [0, 0.1) is 0 Å². The number of pyridine rings is 2. The van der Waals surface area contributed by atoms with Gasteiger partial charge in [-0.3, -0.25) is 4.79 Å². The van der Waals surface area contributed by atoms with Gasteiger partial charge >= 0.3 is 14.2 Å². The fourth-order valence-electron chi connectivity index (χ4n) is 4.71. The number of ether oxygens (including phenoxy) is 1. The van der Waals surface area contributed by atoms with Gasteiger partial charge < -0.3 is 19.0 Å². The molecule has 0 saturated carbocycles. The molecule has 0 bridgehead atoms. The van der Waals surface area contributed by atoms with Crippen molar-refractivity contribution in [3.8, 4) is 11.4 Å². The molecular weight excluding hydrogens is 485 g/mol. The van der Waals surface area contributed by atoms with E-state index in [2.05, 4.69) is 5.16 Å². The number of benzene rings is 1. The van der Waals surface area contributed by atoms with Gasteiger partial charge in [-0.2, -0.15) is 0 Å². The summed E-state index contributed by atoms with van der Waals surface area (Å²) >= 11 is 0. The largest absolute Gasteiger partial charge is 0.566 e. The Labute approximate surface area is 207 Å². The third-order valence-corrected chi connectivity index (χ3v) is 6.81. The summed E-state index contributed by atoms with van der Waals surface area (Å²) in [6.45, 7) is 7.22. The first kappa shape index (κ1) is 24.2. The first-order chi connectivity index (χ1) is 17.1. The van der Waals surface area contributed by atoms with E-state index in [4.69, 9.17) is 19.1 Å². The van der Waals surface area contributed by atoms with E-state index >= 15 is 0 Å². The molecule has 0 spiro atoms. The van der Waals surface area contributed by atoms with E-state index in [1.54, 1.807) is 23.8 Å². The van der Waals surface area contributed by atoms with Crippen molar-refractivity contribution in [3.63, 3.8) is 0 Å². The molecule has 186 valence electrons. The van der Waals surface area contributed by atoms with Crippen LogP contribution >= 0.6 is 8.25 Å². The van der Waals surface area contributed by atoms with Crippen LogP contribution in [-0.4, -0.2) is 27.3 Å². The van der Waals surface area contributed by atoms with E-state index in [9.17, 15) is 19.0 Å². The maximum absolute atomic E-state index is 13.6. The van der Waals surface area contributed by atoms with E-state index in [1.807, 2.05) is 45.0 Å². The van der Waals surface area contributed by atoms with Crippen LogP contribution in [0.3, 0.4) is 0 Å². The Bertz CT molecular complexity index is 1520. The second-order valence-corrected chi connectivity index (χ2v) is 10.3. The van der Waals surface area contributed by atoms with E-state index in [0.29, 0.717) is 16.9 Å². The highest BCUT2D eigenvalue weighted by Gasteiger charge is 2.52. The Morgan fingerprint density at radius 2 is 2.03 bits per heavy atom. The van der Waals surface area contributed by atoms with Crippen molar-refractivity contribution >= 4 is 31.3 Å². The highest BCUT2D eigenvalue weighted by atomic mass is 31.1. The predicted octanol–water partition coefficient (Wildman–Crippen LogP) is 3.27. The van der Waals surface area contributed by atoms with Crippen molar-refractivity contribution in [1.29, 1.82) is 0 Å². The van der Waals surface area contributed by atoms with Crippen molar-refractivity contribution in [1.82, 2.24) is 9.55 Å². The van der Waals surface area contributed by atoms with Crippen LogP contribution in [0.5, 0.6) is 0 Å². The zero-order valence-corrected chi connectivity index (χ0v) is 21.1. The minimum Gasteiger partial charge on any atom is -0.566 e. The first-order valence-corrected chi connectivity index (χ1v) is 12.6. The summed E-state index contributed by atoms with van der Waals surface area (Å²) in [4.78, 5) is 48.3. The molecule has 10 nitrogen and oxygen atoms in total. The molecule has 5 rings (SSSR count). The van der Waals surface area contributed by atoms with Crippen LogP contribution in [0.1, 0.15) is 56.4 Å². The normalized spacial score (nSPS) is 19.1. The van der Waals surface area contributed by atoms with Crippen LogP contribution in [-0.2, 0) is 42.2 Å². The van der Waals surface area contributed by atoms with Crippen LogP contribution in [0.25, 0.3) is 22.3 Å². The summed E-state index contributed by atoms with van der Waals surface area (Å²) in [6, 6.07) is 9.16. The molecule has 11 heteroatoms. The number of oxime groups is 1. The SMILES string of the molecule is CC[C@@]1(O[P+](=O)[O-])C(=O)OCc2c1cc1n(c2=O)Cc2c-1nc1ccccc1c2/C=N/OC(C)(C)C. The fourth-order valence-corrected chi connectivity index (χ4v) is 5.27. The third kappa shape index (κ3) is 3.82. The molecule has 2 aliphatic heterocycles. The number of carbonyl (C=O) groups excluding carboxylic acids is 1. The second-order valence-electron chi connectivity index (χ2n) is 9.69. The minimum absolute atomic E-state index is 0.0366. The van der Waals surface area contributed by atoms with Gasteiger partial charge in [-0.25, -0.2) is 9.78 Å². The number of fused-ring (bicyclic) bond motifs is 5. The molecule has 0 fully saturated rings. The fraction of sp³-hybridized carbons (Fsp3) is 0.360. The van der Waals surface area contributed by atoms with Crippen molar-refractivity contribution < 1.29 is 28.4 Å². The van der Waals surface area contributed by atoms with Gasteiger partial charge in [0, 0.05) is 22.1 Å². The average Bonchev–Trinajstić information content (AvgIpc) is 3.18. The number of rotatable bonds is 5. The van der Waals surface area contributed by atoms with Crippen LogP contribution in [0.4, 0.5) is 0 Å². The molecule has 0 N–H and O–H groups in total. The molecule has 4 heterocycles. The maximum atomic E-state index is 13.6. The molecule has 0 aliphatic carbocycles. The van der Waals surface area contributed by atoms with Gasteiger partial charge in [0.2, 0.25) is 5.60 Å². The summed E-state index contributed by atoms with van der Waals surface area (Å²) in [6.07, 6.45) is 1.59. The molecule has 2 aliphatic rings. The van der Waals surface area contributed by atoms with Crippen molar-refractivity contribution in [2.24, 2.45) is 5.16 Å². The lowest BCUT2D eigenvalue weighted by molar-refractivity contribution is -0.207. The Morgan fingerprint density at radius 3 is 2.72 bits per heavy atom. The Hall–Kier alpha value is -3.46. The molecule has 1 unspecified atom stereocenters. The van der Waals surface area contributed by atoms with Crippen molar-refractivity contribution in [3.05, 3.63) is 62.9 Å². The average molecular weight is 509 g/mol. The van der Waals surface area contributed by atoms with Gasteiger partial charge in [-0.05, 0) is 43.9 Å². The van der Waals surface area contributed by atoms with Gasteiger partial charge in [0.15, 0.2) is 0 Å². The van der Waals surface area contributed by atoms with E-state index in [-0.39, 0.29) is 30.7 Å². The number of esters is 1. The standard InChI is InChI=1S/C25H24N3O7P/c1-5-25(35-36(31)32)18-10-20-21-16(12-28(20)22(29)17(18)13-33-23(25)30)15(11-26-34-24(2,3)4)14-8-6-7-9-19(14)27-21/h6-11H,5,12-13H2,1-4H3/b26-11+/t25-/m0/s1. The van der Waals surface area contributed by atoms with Gasteiger partial charge in [-0.1, -0.05) is 30.3 Å².